The number of aromatic nitrogens is 5. The minimum atomic E-state index is -0.149. The fraction of sp³-hybridized carbons (Fsp3) is 0.304. The summed E-state index contributed by atoms with van der Waals surface area (Å²) in [7, 11) is 4.02. The molecule has 9 nitrogen and oxygen atoms in total. The first kappa shape index (κ1) is 21.5. The zero-order chi connectivity index (χ0) is 22.3. The van der Waals surface area contributed by atoms with Crippen molar-refractivity contribution in [1.82, 2.24) is 29.8 Å². The molecule has 0 atom stereocenters. The van der Waals surface area contributed by atoms with Gasteiger partial charge in [0.05, 0.1) is 24.2 Å². The molecule has 0 aliphatic carbocycles. The van der Waals surface area contributed by atoms with E-state index in [1.807, 2.05) is 44.4 Å². The lowest BCUT2D eigenvalue weighted by atomic mass is 10.1. The number of benzene rings is 1. The summed E-state index contributed by atoms with van der Waals surface area (Å²) >= 11 is 0. The molecule has 9 heteroatoms. The molecule has 0 saturated carbocycles. The number of fused-ring (bicyclic) bond motifs is 1. The summed E-state index contributed by atoms with van der Waals surface area (Å²) in [5.41, 5.74) is 3.32. The number of ether oxygens (including phenoxy) is 1. The van der Waals surface area contributed by atoms with Crippen LogP contribution in [0.15, 0.2) is 53.7 Å². The van der Waals surface area contributed by atoms with Crippen molar-refractivity contribution in [3.8, 4) is 5.75 Å². The average molecular weight is 434 g/mol. The molecule has 4 rings (SSSR count). The minimum Gasteiger partial charge on any atom is -0.493 e. The second kappa shape index (κ2) is 10.1. The van der Waals surface area contributed by atoms with Gasteiger partial charge in [-0.2, -0.15) is 0 Å². The first-order chi connectivity index (χ1) is 15.6. The van der Waals surface area contributed by atoms with Crippen LogP contribution in [0.5, 0.6) is 5.75 Å². The van der Waals surface area contributed by atoms with Gasteiger partial charge in [0.1, 0.15) is 11.6 Å². The number of nitrogens with zero attached hydrogens (tertiary/aromatic N) is 4. The van der Waals surface area contributed by atoms with Gasteiger partial charge in [0.2, 0.25) is 5.95 Å². The van der Waals surface area contributed by atoms with Crippen molar-refractivity contribution in [1.29, 1.82) is 0 Å². The van der Waals surface area contributed by atoms with Crippen LogP contribution in [-0.2, 0) is 13.0 Å². The molecule has 0 spiro atoms. The lowest BCUT2D eigenvalue weighted by Gasteiger charge is -2.08. The summed E-state index contributed by atoms with van der Waals surface area (Å²) in [5, 5.41) is 3.13. The number of aromatic amines is 2. The SMILES string of the molecule is CN(C)Cc1nc2ccc(OCCCNc3ncc(Cc4cccnc4)c(=O)[nH]3)cc2[nH]1. The molecule has 1 aromatic carbocycles. The number of anilines is 1. The van der Waals surface area contributed by atoms with Crippen molar-refractivity contribution in [2.75, 3.05) is 32.6 Å². The summed E-state index contributed by atoms with van der Waals surface area (Å²) < 4.78 is 5.86. The Morgan fingerprint density at radius 1 is 1.16 bits per heavy atom. The van der Waals surface area contributed by atoms with E-state index in [1.54, 1.807) is 18.6 Å². The van der Waals surface area contributed by atoms with Gasteiger partial charge in [-0.3, -0.25) is 14.8 Å². The fourth-order valence-corrected chi connectivity index (χ4v) is 3.33. The fourth-order valence-electron chi connectivity index (χ4n) is 3.33. The molecule has 32 heavy (non-hydrogen) atoms. The second-order valence-electron chi connectivity index (χ2n) is 7.85. The summed E-state index contributed by atoms with van der Waals surface area (Å²) in [6.45, 7) is 1.93. The maximum atomic E-state index is 12.3. The standard InChI is InChI=1S/C23H27N7O2/c1-30(2)15-21-27-19-7-6-18(12-20(19)28-21)32-10-4-9-25-23-26-14-17(22(31)29-23)11-16-5-3-8-24-13-16/h3,5-8,12-14H,4,9-11,15H2,1-2H3,(H,27,28)(H2,25,26,29,31). The normalized spacial score (nSPS) is 11.2. The molecular weight excluding hydrogens is 406 g/mol. The number of hydrogen-bond donors (Lipinski definition) is 3. The quantitative estimate of drug-likeness (QED) is 0.330. The predicted octanol–water partition coefficient (Wildman–Crippen LogP) is 2.57. The Bertz CT molecular complexity index is 1220. The van der Waals surface area contributed by atoms with Gasteiger partial charge in [-0.25, -0.2) is 9.97 Å². The van der Waals surface area contributed by atoms with Crippen molar-refractivity contribution in [2.45, 2.75) is 19.4 Å². The molecule has 0 saturated heterocycles. The van der Waals surface area contributed by atoms with Crippen LogP contribution in [0, 0.1) is 0 Å². The maximum Gasteiger partial charge on any atom is 0.255 e. The summed E-state index contributed by atoms with van der Waals surface area (Å²) in [6.07, 6.45) is 6.32. The van der Waals surface area contributed by atoms with Crippen molar-refractivity contribution < 1.29 is 4.74 Å². The van der Waals surface area contributed by atoms with Gasteiger partial charge in [-0.05, 0) is 44.3 Å². The van der Waals surface area contributed by atoms with Crippen LogP contribution in [0.2, 0.25) is 0 Å². The Labute approximate surface area is 185 Å². The molecule has 0 unspecified atom stereocenters. The zero-order valence-corrected chi connectivity index (χ0v) is 18.3. The van der Waals surface area contributed by atoms with Crippen LogP contribution in [0.3, 0.4) is 0 Å². The lowest BCUT2D eigenvalue weighted by Crippen LogP contribution is -2.18. The Morgan fingerprint density at radius 2 is 2.06 bits per heavy atom. The van der Waals surface area contributed by atoms with Gasteiger partial charge < -0.3 is 19.9 Å². The molecule has 166 valence electrons. The van der Waals surface area contributed by atoms with Crippen LogP contribution in [0.4, 0.5) is 5.95 Å². The Balaban J connectivity index is 1.24. The van der Waals surface area contributed by atoms with Crippen LogP contribution < -0.4 is 15.6 Å². The lowest BCUT2D eigenvalue weighted by molar-refractivity contribution is 0.315. The number of hydrogen-bond acceptors (Lipinski definition) is 7. The Morgan fingerprint density at radius 3 is 2.84 bits per heavy atom. The first-order valence-corrected chi connectivity index (χ1v) is 10.5. The number of imidazole rings is 1. The van der Waals surface area contributed by atoms with E-state index in [9.17, 15) is 4.79 Å². The molecule has 0 bridgehead atoms. The summed E-state index contributed by atoms with van der Waals surface area (Å²) in [4.78, 5) is 33.4. The maximum absolute atomic E-state index is 12.3. The highest BCUT2D eigenvalue weighted by Crippen LogP contribution is 2.19. The number of pyridine rings is 1. The van der Waals surface area contributed by atoms with Crippen LogP contribution in [0.25, 0.3) is 11.0 Å². The molecule has 0 radical (unpaired) electrons. The highest BCUT2D eigenvalue weighted by atomic mass is 16.5. The zero-order valence-electron chi connectivity index (χ0n) is 18.3. The molecule has 4 aromatic rings. The third kappa shape index (κ3) is 5.70. The van der Waals surface area contributed by atoms with E-state index in [4.69, 9.17) is 4.74 Å². The van der Waals surface area contributed by atoms with Crippen LogP contribution >= 0.6 is 0 Å². The molecule has 3 N–H and O–H groups in total. The number of H-pyrrole nitrogens is 2. The van der Waals surface area contributed by atoms with E-state index >= 15 is 0 Å². The number of rotatable bonds is 10. The molecule has 0 aliphatic rings. The first-order valence-electron chi connectivity index (χ1n) is 10.5. The van der Waals surface area contributed by atoms with E-state index in [1.165, 1.54) is 0 Å². The van der Waals surface area contributed by atoms with Crippen LogP contribution in [-0.4, -0.2) is 57.1 Å². The number of nitrogens with one attached hydrogen (secondary N) is 3. The van der Waals surface area contributed by atoms with Crippen LogP contribution in [0.1, 0.15) is 23.4 Å². The monoisotopic (exact) mass is 433 g/mol. The van der Waals surface area contributed by atoms with Gasteiger partial charge in [-0.15, -0.1) is 0 Å². The van der Waals surface area contributed by atoms with E-state index in [-0.39, 0.29) is 5.56 Å². The smallest absolute Gasteiger partial charge is 0.255 e. The van der Waals surface area contributed by atoms with Crippen molar-refractivity contribution >= 4 is 17.0 Å². The molecule has 3 heterocycles. The van der Waals surface area contributed by atoms with Crippen molar-refractivity contribution in [3.05, 3.63) is 76.2 Å². The topological polar surface area (TPSA) is 112 Å². The molecule has 0 fully saturated rings. The highest BCUT2D eigenvalue weighted by Gasteiger charge is 2.06. The second-order valence-corrected chi connectivity index (χ2v) is 7.85. The molecule has 3 aromatic heterocycles. The Kier molecular flexibility index (Phi) is 6.76. The average Bonchev–Trinajstić information content (AvgIpc) is 3.17. The van der Waals surface area contributed by atoms with Gasteiger partial charge in [0, 0.05) is 43.2 Å². The largest absolute Gasteiger partial charge is 0.493 e. The molecule has 0 aliphatic heterocycles. The van der Waals surface area contributed by atoms with E-state index in [0.717, 1.165) is 41.1 Å². The summed E-state index contributed by atoms with van der Waals surface area (Å²) in [5.74, 6) is 2.18. The van der Waals surface area contributed by atoms with E-state index in [2.05, 4.69) is 35.1 Å². The van der Waals surface area contributed by atoms with Gasteiger partial charge >= 0.3 is 0 Å². The van der Waals surface area contributed by atoms with Crippen molar-refractivity contribution in [3.63, 3.8) is 0 Å². The third-order valence-electron chi connectivity index (χ3n) is 4.84. The van der Waals surface area contributed by atoms with E-state index < -0.39 is 0 Å². The molecular formula is C23H27N7O2. The highest BCUT2D eigenvalue weighted by molar-refractivity contribution is 5.76. The minimum absolute atomic E-state index is 0.149. The third-order valence-corrected chi connectivity index (χ3v) is 4.84. The van der Waals surface area contributed by atoms with Gasteiger partial charge in [-0.1, -0.05) is 6.07 Å². The molecule has 0 amide bonds. The summed E-state index contributed by atoms with van der Waals surface area (Å²) in [6, 6.07) is 9.64. The van der Waals surface area contributed by atoms with E-state index in [0.29, 0.717) is 31.1 Å². The van der Waals surface area contributed by atoms with Gasteiger partial charge in [0.15, 0.2) is 0 Å². The van der Waals surface area contributed by atoms with Gasteiger partial charge in [0.25, 0.3) is 5.56 Å². The van der Waals surface area contributed by atoms with Crippen molar-refractivity contribution in [2.24, 2.45) is 0 Å². The predicted molar refractivity (Wildman–Crippen MR) is 124 cm³/mol. The Hall–Kier alpha value is -3.72.